The molecule has 0 aromatic carbocycles. The van der Waals surface area contributed by atoms with Gasteiger partial charge in [-0.05, 0) is 44.7 Å². The van der Waals surface area contributed by atoms with E-state index in [0.717, 1.165) is 17.9 Å². The van der Waals surface area contributed by atoms with Crippen molar-refractivity contribution in [2.75, 3.05) is 0 Å². The summed E-state index contributed by atoms with van der Waals surface area (Å²) >= 11 is 0. The summed E-state index contributed by atoms with van der Waals surface area (Å²) in [5, 5.41) is 0. The van der Waals surface area contributed by atoms with E-state index in [9.17, 15) is 0 Å². The molecule has 1 atom stereocenters. The van der Waals surface area contributed by atoms with Crippen LogP contribution in [0.2, 0.25) is 0 Å². The molecule has 0 aliphatic heterocycles. The van der Waals surface area contributed by atoms with Crippen molar-refractivity contribution in [3.05, 3.63) is 24.0 Å². The van der Waals surface area contributed by atoms with E-state index in [1.54, 1.807) is 0 Å². The molecule has 1 fully saturated rings. The summed E-state index contributed by atoms with van der Waals surface area (Å²) in [5.74, 6) is 0.889. The van der Waals surface area contributed by atoms with Gasteiger partial charge in [-0.25, -0.2) is 0 Å². The lowest BCUT2D eigenvalue weighted by atomic mass is 10.2. The topological polar surface area (TPSA) is 48.1 Å². The Morgan fingerprint density at radius 2 is 2.19 bits per heavy atom. The fraction of sp³-hybridized carbons (Fsp3) is 0.615. The second kappa shape index (κ2) is 5.30. The van der Waals surface area contributed by atoms with Crippen LogP contribution in [0.1, 0.15) is 38.3 Å². The van der Waals surface area contributed by atoms with Crippen molar-refractivity contribution >= 4 is 0 Å². The largest absolute Gasteiger partial charge is 0.489 e. The minimum Gasteiger partial charge on any atom is -0.489 e. The van der Waals surface area contributed by atoms with Crippen molar-refractivity contribution in [3.8, 4) is 5.75 Å². The molecule has 1 unspecified atom stereocenters. The van der Waals surface area contributed by atoms with Gasteiger partial charge in [0.1, 0.15) is 5.75 Å². The summed E-state index contributed by atoms with van der Waals surface area (Å²) in [4.78, 5) is 4.36. The highest BCUT2D eigenvalue weighted by Crippen LogP contribution is 2.23. The van der Waals surface area contributed by atoms with Gasteiger partial charge in [-0.15, -0.1) is 0 Å². The number of ether oxygens (including phenoxy) is 1. The number of aromatic nitrogens is 1. The van der Waals surface area contributed by atoms with E-state index in [0.29, 0.717) is 6.10 Å². The summed E-state index contributed by atoms with van der Waals surface area (Å²) in [6.07, 6.45) is 7.99. The van der Waals surface area contributed by atoms with Gasteiger partial charge in [0.25, 0.3) is 0 Å². The summed E-state index contributed by atoms with van der Waals surface area (Å²) in [5.41, 5.74) is 6.76. The van der Waals surface area contributed by atoms with Crippen LogP contribution in [0.4, 0.5) is 0 Å². The Morgan fingerprint density at radius 3 is 2.75 bits per heavy atom. The van der Waals surface area contributed by atoms with Crippen LogP contribution in [-0.2, 0) is 6.42 Å². The van der Waals surface area contributed by atoms with Crippen LogP contribution in [0.25, 0.3) is 0 Å². The maximum absolute atomic E-state index is 5.84. The highest BCUT2D eigenvalue weighted by Gasteiger charge is 2.16. The Labute approximate surface area is 97.0 Å². The zero-order chi connectivity index (χ0) is 11.4. The fourth-order valence-electron chi connectivity index (χ4n) is 2.13. The van der Waals surface area contributed by atoms with Gasteiger partial charge in [0.05, 0.1) is 12.3 Å². The van der Waals surface area contributed by atoms with Gasteiger partial charge in [0.15, 0.2) is 0 Å². The van der Waals surface area contributed by atoms with E-state index >= 15 is 0 Å². The highest BCUT2D eigenvalue weighted by atomic mass is 16.5. The lowest BCUT2D eigenvalue weighted by Crippen LogP contribution is -2.18. The minimum absolute atomic E-state index is 0.161. The van der Waals surface area contributed by atoms with E-state index in [1.165, 1.54) is 25.7 Å². The summed E-state index contributed by atoms with van der Waals surface area (Å²) in [6, 6.07) is 4.17. The second-order valence-corrected chi connectivity index (χ2v) is 4.69. The molecule has 1 aliphatic carbocycles. The van der Waals surface area contributed by atoms with Crippen LogP contribution in [0, 0.1) is 0 Å². The normalized spacial score (nSPS) is 18.6. The maximum Gasteiger partial charge on any atom is 0.138 e. The van der Waals surface area contributed by atoms with Gasteiger partial charge < -0.3 is 10.5 Å². The zero-order valence-corrected chi connectivity index (χ0v) is 9.86. The van der Waals surface area contributed by atoms with Crippen molar-refractivity contribution in [2.24, 2.45) is 5.73 Å². The first-order chi connectivity index (χ1) is 7.74. The fourth-order valence-corrected chi connectivity index (χ4v) is 2.13. The van der Waals surface area contributed by atoms with E-state index in [2.05, 4.69) is 4.98 Å². The Morgan fingerprint density at radius 1 is 1.44 bits per heavy atom. The first-order valence-corrected chi connectivity index (χ1v) is 6.11. The molecule has 1 aromatic heterocycles. The van der Waals surface area contributed by atoms with E-state index < -0.39 is 0 Å². The number of rotatable bonds is 4. The number of nitrogens with zero attached hydrogens (tertiary/aromatic N) is 1. The van der Waals surface area contributed by atoms with Gasteiger partial charge in [-0.1, -0.05) is 0 Å². The second-order valence-electron chi connectivity index (χ2n) is 4.69. The Bertz CT molecular complexity index is 315. The van der Waals surface area contributed by atoms with Crippen molar-refractivity contribution in [2.45, 2.75) is 51.2 Å². The van der Waals surface area contributed by atoms with E-state index in [4.69, 9.17) is 10.5 Å². The molecule has 2 rings (SSSR count). The molecule has 0 amide bonds. The Kier molecular flexibility index (Phi) is 3.78. The Balaban J connectivity index is 1.90. The lowest BCUT2D eigenvalue weighted by molar-refractivity contribution is 0.209. The molecule has 0 spiro atoms. The van der Waals surface area contributed by atoms with Gasteiger partial charge in [0.2, 0.25) is 0 Å². The number of hydrogen-bond acceptors (Lipinski definition) is 3. The molecule has 1 heterocycles. The molecule has 0 saturated heterocycles. The first-order valence-electron chi connectivity index (χ1n) is 6.11. The van der Waals surface area contributed by atoms with Crippen molar-refractivity contribution < 1.29 is 4.74 Å². The predicted octanol–water partition coefficient (Wildman–Crippen LogP) is 2.29. The third-order valence-corrected chi connectivity index (χ3v) is 2.93. The van der Waals surface area contributed by atoms with Crippen LogP contribution in [0.15, 0.2) is 18.3 Å². The smallest absolute Gasteiger partial charge is 0.138 e. The van der Waals surface area contributed by atoms with Crippen molar-refractivity contribution in [1.29, 1.82) is 0 Å². The van der Waals surface area contributed by atoms with Crippen LogP contribution in [-0.4, -0.2) is 17.1 Å². The first kappa shape index (κ1) is 11.4. The average molecular weight is 220 g/mol. The number of hydrogen-bond donors (Lipinski definition) is 1. The summed E-state index contributed by atoms with van der Waals surface area (Å²) < 4.78 is 5.84. The molecule has 0 radical (unpaired) electrons. The molecule has 1 aromatic rings. The minimum atomic E-state index is 0.161. The quantitative estimate of drug-likeness (QED) is 0.847. The maximum atomic E-state index is 5.84. The molecular weight excluding hydrogens is 200 g/mol. The Hall–Kier alpha value is -1.09. The van der Waals surface area contributed by atoms with E-state index in [1.807, 2.05) is 25.3 Å². The molecule has 2 N–H and O–H groups in total. The van der Waals surface area contributed by atoms with Crippen molar-refractivity contribution in [1.82, 2.24) is 4.98 Å². The van der Waals surface area contributed by atoms with Gasteiger partial charge >= 0.3 is 0 Å². The lowest BCUT2D eigenvalue weighted by Gasteiger charge is -2.13. The standard InChI is InChI=1S/C13H20N2O/c1-10(14)8-11-6-7-13(9-15-11)16-12-4-2-3-5-12/h6-7,9-10,12H,2-5,8,14H2,1H3. The third-order valence-electron chi connectivity index (χ3n) is 2.93. The number of nitrogens with two attached hydrogens (primary N) is 1. The SMILES string of the molecule is CC(N)Cc1ccc(OC2CCCC2)cn1. The third kappa shape index (κ3) is 3.20. The summed E-state index contributed by atoms with van der Waals surface area (Å²) in [7, 11) is 0. The molecule has 1 saturated carbocycles. The van der Waals surface area contributed by atoms with Gasteiger partial charge in [0, 0.05) is 18.2 Å². The van der Waals surface area contributed by atoms with Crippen LogP contribution in [0.3, 0.4) is 0 Å². The molecule has 3 heteroatoms. The molecule has 16 heavy (non-hydrogen) atoms. The van der Waals surface area contributed by atoms with E-state index in [-0.39, 0.29) is 6.04 Å². The molecule has 88 valence electrons. The predicted molar refractivity (Wildman–Crippen MR) is 64.5 cm³/mol. The molecule has 3 nitrogen and oxygen atoms in total. The molecular formula is C13H20N2O. The summed E-state index contributed by atoms with van der Waals surface area (Å²) in [6.45, 7) is 1.99. The highest BCUT2D eigenvalue weighted by molar-refractivity contribution is 5.20. The number of pyridine rings is 1. The molecule has 1 aliphatic rings. The zero-order valence-electron chi connectivity index (χ0n) is 9.86. The monoisotopic (exact) mass is 220 g/mol. The van der Waals surface area contributed by atoms with Gasteiger partial charge in [-0.2, -0.15) is 0 Å². The van der Waals surface area contributed by atoms with Crippen LogP contribution in [0.5, 0.6) is 5.75 Å². The van der Waals surface area contributed by atoms with Crippen molar-refractivity contribution in [3.63, 3.8) is 0 Å². The molecule has 0 bridgehead atoms. The average Bonchev–Trinajstić information content (AvgIpc) is 2.73. The van der Waals surface area contributed by atoms with Crippen LogP contribution >= 0.6 is 0 Å². The van der Waals surface area contributed by atoms with Crippen LogP contribution < -0.4 is 10.5 Å². The van der Waals surface area contributed by atoms with Gasteiger partial charge in [-0.3, -0.25) is 4.98 Å².